The van der Waals surface area contributed by atoms with Gasteiger partial charge in [-0.3, -0.25) is 4.79 Å². The maximum absolute atomic E-state index is 12.8. The van der Waals surface area contributed by atoms with Gasteiger partial charge in [-0.2, -0.15) is 0 Å². The maximum atomic E-state index is 12.8. The Bertz CT molecular complexity index is 983. The van der Waals surface area contributed by atoms with E-state index in [9.17, 15) is 4.79 Å². The molecule has 3 aromatic rings. The molecule has 7 heteroatoms. The van der Waals surface area contributed by atoms with Crippen LogP contribution in [0, 0.1) is 0 Å². The first kappa shape index (κ1) is 20.9. The van der Waals surface area contributed by atoms with Crippen molar-refractivity contribution in [3.63, 3.8) is 0 Å². The zero-order valence-electron chi connectivity index (χ0n) is 17.1. The van der Waals surface area contributed by atoms with Crippen molar-refractivity contribution in [2.75, 3.05) is 14.2 Å². The summed E-state index contributed by atoms with van der Waals surface area (Å²) in [5.41, 5.74) is 2.64. The van der Waals surface area contributed by atoms with Crippen LogP contribution in [0.2, 0.25) is 0 Å². The molecule has 2 aromatic carbocycles. The SMILES string of the molecule is COc1ccc(C(=O)C(C)Sc2nnc(-c3ccc(C(C)C)cc3)o2)cc1OC. The van der Waals surface area contributed by atoms with Crippen LogP contribution >= 0.6 is 11.8 Å². The molecule has 0 aliphatic rings. The summed E-state index contributed by atoms with van der Waals surface area (Å²) in [7, 11) is 3.10. The summed E-state index contributed by atoms with van der Waals surface area (Å²) in [6.45, 7) is 6.10. The van der Waals surface area contributed by atoms with Gasteiger partial charge in [0.2, 0.25) is 5.89 Å². The molecule has 0 N–H and O–H groups in total. The Morgan fingerprint density at radius 2 is 1.66 bits per heavy atom. The first-order valence-corrected chi connectivity index (χ1v) is 10.2. The lowest BCUT2D eigenvalue weighted by atomic mass is 10.0. The smallest absolute Gasteiger partial charge is 0.277 e. The van der Waals surface area contributed by atoms with E-state index in [-0.39, 0.29) is 5.78 Å². The first-order valence-electron chi connectivity index (χ1n) is 9.29. The van der Waals surface area contributed by atoms with E-state index < -0.39 is 5.25 Å². The summed E-state index contributed by atoms with van der Waals surface area (Å²) in [5.74, 6) is 1.93. The molecule has 1 heterocycles. The standard InChI is InChI=1S/C22H24N2O4S/c1-13(2)15-6-8-16(9-7-15)21-23-24-22(28-21)29-14(3)20(25)17-10-11-18(26-4)19(12-17)27-5/h6-14H,1-5H3. The van der Waals surface area contributed by atoms with Crippen LogP contribution in [0.1, 0.15) is 42.6 Å². The monoisotopic (exact) mass is 412 g/mol. The second-order valence-corrected chi connectivity index (χ2v) is 8.14. The first-order chi connectivity index (χ1) is 13.9. The van der Waals surface area contributed by atoms with Crippen LogP contribution in [0.5, 0.6) is 11.5 Å². The molecule has 152 valence electrons. The fourth-order valence-corrected chi connectivity index (χ4v) is 3.57. The number of aromatic nitrogens is 2. The van der Waals surface area contributed by atoms with E-state index >= 15 is 0 Å². The Labute approximate surface area is 174 Å². The zero-order valence-corrected chi connectivity index (χ0v) is 17.9. The van der Waals surface area contributed by atoms with Crippen LogP contribution in [-0.2, 0) is 0 Å². The van der Waals surface area contributed by atoms with Gasteiger partial charge in [-0.05, 0) is 48.7 Å². The van der Waals surface area contributed by atoms with Crippen molar-refractivity contribution in [2.24, 2.45) is 0 Å². The van der Waals surface area contributed by atoms with Gasteiger partial charge in [-0.25, -0.2) is 0 Å². The highest BCUT2D eigenvalue weighted by Gasteiger charge is 2.21. The summed E-state index contributed by atoms with van der Waals surface area (Å²) in [4.78, 5) is 12.8. The highest BCUT2D eigenvalue weighted by Crippen LogP contribution is 2.31. The summed E-state index contributed by atoms with van der Waals surface area (Å²) < 4.78 is 16.2. The molecule has 0 aliphatic heterocycles. The van der Waals surface area contributed by atoms with E-state index in [1.165, 1.54) is 24.4 Å². The van der Waals surface area contributed by atoms with Gasteiger partial charge in [-0.1, -0.05) is 37.7 Å². The average Bonchev–Trinajstić information content (AvgIpc) is 3.21. The Morgan fingerprint density at radius 3 is 2.28 bits per heavy atom. The van der Waals surface area contributed by atoms with E-state index in [1.54, 1.807) is 25.3 Å². The molecule has 0 saturated heterocycles. The summed E-state index contributed by atoms with van der Waals surface area (Å²) in [6, 6.07) is 13.2. The number of ketones is 1. The molecule has 6 nitrogen and oxygen atoms in total. The van der Waals surface area contributed by atoms with Gasteiger partial charge < -0.3 is 13.9 Å². The van der Waals surface area contributed by atoms with Gasteiger partial charge >= 0.3 is 0 Å². The molecule has 0 saturated carbocycles. The third-order valence-corrected chi connectivity index (χ3v) is 5.48. The van der Waals surface area contributed by atoms with Crippen molar-refractivity contribution in [3.05, 3.63) is 53.6 Å². The molecule has 29 heavy (non-hydrogen) atoms. The van der Waals surface area contributed by atoms with Gasteiger partial charge in [0.15, 0.2) is 17.3 Å². The van der Waals surface area contributed by atoms with Crippen molar-refractivity contribution in [3.8, 4) is 23.0 Å². The summed E-state index contributed by atoms with van der Waals surface area (Å²) in [5, 5.41) is 8.14. The van der Waals surface area contributed by atoms with Gasteiger partial charge in [0, 0.05) is 11.1 Å². The van der Waals surface area contributed by atoms with Crippen LogP contribution in [-0.4, -0.2) is 35.5 Å². The van der Waals surface area contributed by atoms with Gasteiger partial charge in [-0.15, -0.1) is 10.2 Å². The number of rotatable bonds is 8. The number of hydrogen-bond acceptors (Lipinski definition) is 7. The minimum Gasteiger partial charge on any atom is -0.493 e. The fourth-order valence-electron chi connectivity index (χ4n) is 2.81. The molecule has 0 spiro atoms. The number of thioether (sulfide) groups is 1. The highest BCUT2D eigenvalue weighted by molar-refractivity contribution is 8.00. The number of ether oxygens (including phenoxy) is 2. The summed E-state index contributed by atoms with van der Waals surface area (Å²) in [6.07, 6.45) is 0. The van der Waals surface area contributed by atoms with Crippen molar-refractivity contribution >= 4 is 17.5 Å². The number of hydrogen-bond donors (Lipinski definition) is 0. The molecule has 1 aromatic heterocycles. The largest absolute Gasteiger partial charge is 0.493 e. The minimum absolute atomic E-state index is 0.0583. The molecular weight excluding hydrogens is 388 g/mol. The van der Waals surface area contributed by atoms with Crippen molar-refractivity contribution in [1.29, 1.82) is 0 Å². The Morgan fingerprint density at radius 1 is 0.966 bits per heavy atom. The molecule has 1 atom stereocenters. The van der Waals surface area contributed by atoms with Crippen molar-refractivity contribution in [2.45, 2.75) is 37.2 Å². The predicted molar refractivity (Wildman–Crippen MR) is 113 cm³/mol. The molecule has 0 amide bonds. The molecule has 1 unspecified atom stereocenters. The molecule has 3 rings (SSSR count). The number of carbonyl (C=O) groups excluding carboxylic acids is 1. The lowest BCUT2D eigenvalue weighted by Crippen LogP contribution is -2.13. The molecular formula is C22H24N2O4S. The van der Waals surface area contributed by atoms with E-state index in [0.29, 0.717) is 34.1 Å². The van der Waals surface area contributed by atoms with E-state index in [1.807, 2.05) is 19.1 Å². The normalized spacial score (nSPS) is 12.1. The average molecular weight is 413 g/mol. The van der Waals surface area contributed by atoms with E-state index in [4.69, 9.17) is 13.9 Å². The number of Topliss-reactive ketones (excluding diaryl/α,β-unsaturated/α-hetero) is 1. The van der Waals surface area contributed by atoms with Gasteiger partial charge in [0.1, 0.15) is 0 Å². The minimum atomic E-state index is -0.398. The molecule has 0 bridgehead atoms. The van der Waals surface area contributed by atoms with Gasteiger partial charge in [0.05, 0.1) is 19.5 Å². The van der Waals surface area contributed by atoms with Crippen molar-refractivity contribution < 1.29 is 18.7 Å². The van der Waals surface area contributed by atoms with Crippen LogP contribution in [0.3, 0.4) is 0 Å². The molecule has 0 aliphatic carbocycles. The Hall–Kier alpha value is -2.80. The van der Waals surface area contributed by atoms with Crippen LogP contribution in [0.25, 0.3) is 11.5 Å². The number of carbonyl (C=O) groups is 1. The maximum Gasteiger partial charge on any atom is 0.277 e. The number of nitrogens with zero attached hydrogens (tertiary/aromatic N) is 2. The zero-order chi connectivity index (χ0) is 21.0. The van der Waals surface area contributed by atoms with E-state index in [0.717, 1.165) is 5.56 Å². The Kier molecular flexibility index (Phi) is 6.59. The lowest BCUT2D eigenvalue weighted by Gasteiger charge is -2.11. The van der Waals surface area contributed by atoms with Gasteiger partial charge in [0.25, 0.3) is 5.22 Å². The molecule has 0 fully saturated rings. The van der Waals surface area contributed by atoms with Crippen LogP contribution in [0.15, 0.2) is 52.1 Å². The predicted octanol–water partition coefficient (Wildman–Crippen LogP) is 5.24. The number of benzene rings is 2. The third kappa shape index (κ3) is 4.79. The topological polar surface area (TPSA) is 74.5 Å². The highest BCUT2D eigenvalue weighted by atomic mass is 32.2. The fraction of sp³-hybridized carbons (Fsp3) is 0.318. The van der Waals surface area contributed by atoms with Crippen LogP contribution in [0.4, 0.5) is 0 Å². The van der Waals surface area contributed by atoms with Crippen LogP contribution < -0.4 is 9.47 Å². The van der Waals surface area contributed by atoms with E-state index in [2.05, 4.69) is 36.2 Å². The molecule has 0 radical (unpaired) electrons. The third-order valence-electron chi connectivity index (χ3n) is 4.55. The Balaban J connectivity index is 1.71. The second kappa shape index (κ2) is 9.13. The second-order valence-electron chi connectivity index (χ2n) is 6.84. The summed E-state index contributed by atoms with van der Waals surface area (Å²) >= 11 is 1.23. The quantitative estimate of drug-likeness (QED) is 0.370. The lowest BCUT2D eigenvalue weighted by molar-refractivity contribution is 0.0993. The number of methoxy groups -OCH3 is 2. The van der Waals surface area contributed by atoms with Crippen molar-refractivity contribution in [1.82, 2.24) is 10.2 Å².